The Labute approximate surface area is 141 Å². The van der Waals surface area contributed by atoms with E-state index < -0.39 is 11.6 Å². The largest absolute Gasteiger partial charge is 0.304 e. The molecule has 2 aromatic carbocycles. The summed E-state index contributed by atoms with van der Waals surface area (Å²) >= 11 is 0. The van der Waals surface area contributed by atoms with Gasteiger partial charge in [0, 0.05) is 32.4 Å². The number of hydrogen-bond acceptors (Lipinski definition) is 1. The van der Waals surface area contributed by atoms with Gasteiger partial charge >= 0.3 is 0 Å². The first kappa shape index (κ1) is 16.5. The molecule has 0 amide bonds. The van der Waals surface area contributed by atoms with Gasteiger partial charge in [0.2, 0.25) is 0 Å². The molecule has 3 aromatic rings. The van der Waals surface area contributed by atoms with Crippen molar-refractivity contribution in [2.75, 3.05) is 0 Å². The van der Waals surface area contributed by atoms with E-state index in [1.54, 1.807) is 24.4 Å². The SMILES string of the molecule is Cc1ccc(-c2[c-]ccc(-c3ccc(F)cc3F)c2)nc1.[Ir]. The predicted octanol–water partition coefficient (Wildman–Crippen LogP) is 4.80. The van der Waals surface area contributed by atoms with Crippen molar-refractivity contribution < 1.29 is 28.9 Å². The second kappa shape index (κ2) is 6.91. The Morgan fingerprint density at radius 3 is 2.50 bits per heavy atom. The molecule has 0 aliphatic heterocycles. The molecule has 3 rings (SSSR count). The van der Waals surface area contributed by atoms with Crippen LogP contribution in [0.3, 0.4) is 0 Å². The normalized spacial score (nSPS) is 10.1. The first-order valence-corrected chi connectivity index (χ1v) is 6.54. The first-order chi connectivity index (χ1) is 10.1. The van der Waals surface area contributed by atoms with Crippen LogP contribution >= 0.6 is 0 Å². The molecular formula is C18H12F2IrN-. The molecule has 0 spiro atoms. The maximum Gasteiger partial charge on any atom is 0.132 e. The standard InChI is InChI=1S/C18H12F2N.Ir/c1-12-5-8-18(21-11-12)14-4-2-3-13(9-14)16-7-6-15(19)10-17(16)20;/h2-3,5-11H,1H3;/q-1;. The molecule has 22 heavy (non-hydrogen) atoms. The molecule has 1 radical (unpaired) electrons. The number of halogens is 2. The molecule has 4 heteroatoms. The fraction of sp³-hybridized carbons (Fsp3) is 0.0556. The number of hydrogen-bond donors (Lipinski definition) is 0. The van der Waals surface area contributed by atoms with E-state index in [1.165, 1.54) is 12.1 Å². The molecule has 1 heterocycles. The number of benzene rings is 2. The number of rotatable bonds is 2. The Balaban J connectivity index is 0.00000176. The molecule has 0 unspecified atom stereocenters. The van der Waals surface area contributed by atoms with E-state index in [1.807, 2.05) is 19.1 Å². The van der Waals surface area contributed by atoms with Crippen molar-refractivity contribution in [1.82, 2.24) is 4.98 Å². The minimum absolute atomic E-state index is 0. The third kappa shape index (κ3) is 3.46. The maximum absolute atomic E-state index is 13.9. The molecule has 0 aliphatic rings. The van der Waals surface area contributed by atoms with Crippen LogP contribution in [-0.4, -0.2) is 4.98 Å². The van der Waals surface area contributed by atoms with Crippen molar-refractivity contribution in [2.24, 2.45) is 0 Å². The van der Waals surface area contributed by atoms with Crippen molar-refractivity contribution >= 4 is 0 Å². The Morgan fingerprint density at radius 1 is 1.00 bits per heavy atom. The van der Waals surface area contributed by atoms with E-state index in [0.29, 0.717) is 11.1 Å². The minimum atomic E-state index is -0.584. The van der Waals surface area contributed by atoms with Gasteiger partial charge in [0.1, 0.15) is 11.6 Å². The zero-order valence-electron chi connectivity index (χ0n) is 11.7. The summed E-state index contributed by atoms with van der Waals surface area (Å²) in [7, 11) is 0. The smallest absolute Gasteiger partial charge is 0.132 e. The third-order valence-electron chi connectivity index (χ3n) is 3.23. The van der Waals surface area contributed by atoms with Crippen LogP contribution in [0.1, 0.15) is 5.56 Å². The molecule has 0 N–H and O–H groups in total. The molecule has 1 aromatic heterocycles. The summed E-state index contributed by atoms with van der Waals surface area (Å²) in [5.41, 5.74) is 3.64. The average molecular weight is 473 g/mol. The van der Waals surface area contributed by atoms with Gasteiger partial charge in [-0.3, -0.25) is 0 Å². The number of pyridine rings is 1. The van der Waals surface area contributed by atoms with Crippen LogP contribution in [0.4, 0.5) is 8.78 Å². The summed E-state index contributed by atoms with van der Waals surface area (Å²) in [6.45, 7) is 1.96. The Kier molecular flexibility index (Phi) is 5.17. The van der Waals surface area contributed by atoms with Gasteiger partial charge in [0.25, 0.3) is 0 Å². The molecule has 0 fully saturated rings. The van der Waals surface area contributed by atoms with E-state index in [-0.39, 0.29) is 20.1 Å². The monoisotopic (exact) mass is 473 g/mol. The Hall–Kier alpha value is -1.90. The molecular weight excluding hydrogens is 460 g/mol. The third-order valence-corrected chi connectivity index (χ3v) is 3.23. The van der Waals surface area contributed by atoms with Gasteiger partial charge in [-0.2, -0.15) is 0 Å². The van der Waals surface area contributed by atoms with E-state index in [9.17, 15) is 8.78 Å². The Bertz CT molecular complexity index is 785. The van der Waals surface area contributed by atoms with Gasteiger partial charge in [0.15, 0.2) is 0 Å². The van der Waals surface area contributed by atoms with Crippen LogP contribution in [0.15, 0.2) is 54.7 Å². The van der Waals surface area contributed by atoms with Crippen molar-refractivity contribution in [3.05, 3.63) is 78.0 Å². The summed E-state index contributed by atoms with van der Waals surface area (Å²) in [5, 5.41) is 0. The van der Waals surface area contributed by atoms with Crippen molar-refractivity contribution in [1.29, 1.82) is 0 Å². The van der Waals surface area contributed by atoms with Gasteiger partial charge in [-0.25, -0.2) is 8.78 Å². The van der Waals surface area contributed by atoms with Gasteiger partial charge in [0.05, 0.1) is 0 Å². The molecule has 0 atom stereocenters. The van der Waals surface area contributed by atoms with Crippen LogP contribution in [-0.2, 0) is 20.1 Å². The Morgan fingerprint density at radius 2 is 1.82 bits per heavy atom. The van der Waals surface area contributed by atoms with Gasteiger partial charge in [-0.05, 0) is 29.8 Å². The second-order valence-corrected chi connectivity index (χ2v) is 4.84. The summed E-state index contributed by atoms with van der Waals surface area (Å²) in [6, 6.07) is 15.8. The van der Waals surface area contributed by atoms with E-state index in [0.717, 1.165) is 22.9 Å². The zero-order valence-corrected chi connectivity index (χ0v) is 14.1. The zero-order chi connectivity index (χ0) is 14.8. The van der Waals surface area contributed by atoms with Crippen LogP contribution in [0.2, 0.25) is 0 Å². The molecule has 0 bridgehead atoms. The fourth-order valence-corrected chi connectivity index (χ4v) is 2.13. The summed E-state index contributed by atoms with van der Waals surface area (Å²) < 4.78 is 26.8. The van der Waals surface area contributed by atoms with Gasteiger partial charge in [-0.15, -0.1) is 29.8 Å². The first-order valence-electron chi connectivity index (χ1n) is 6.54. The molecule has 0 saturated heterocycles. The van der Waals surface area contributed by atoms with E-state index >= 15 is 0 Å². The predicted molar refractivity (Wildman–Crippen MR) is 78.6 cm³/mol. The molecule has 0 saturated carbocycles. The van der Waals surface area contributed by atoms with Gasteiger partial charge < -0.3 is 4.98 Å². The van der Waals surface area contributed by atoms with Gasteiger partial charge in [-0.1, -0.05) is 23.8 Å². The number of aryl methyl sites for hydroxylation is 1. The van der Waals surface area contributed by atoms with Crippen LogP contribution in [0, 0.1) is 24.6 Å². The van der Waals surface area contributed by atoms with Crippen molar-refractivity contribution in [2.45, 2.75) is 6.92 Å². The van der Waals surface area contributed by atoms with Crippen molar-refractivity contribution in [3.63, 3.8) is 0 Å². The molecule has 113 valence electrons. The summed E-state index contributed by atoms with van der Waals surface area (Å²) in [6.07, 6.45) is 1.77. The topological polar surface area (TPSA) is 12.9 Å². The van der Waals surface area contributed by atoms with Crippen LogP contribution < -0.4 is 0 Å². The molecule has 1 nitrogen and oxygen atoms in total. The number of nitrogens with zero attached hydrogens (tertiary/aromatic N) is 1. The fourth-order valence-electron chi connectivity index (χ4n) is 2.13. The number of aromatic nitrogens is 1. The van der Waals surface area contributed by atoms with Crippen molar-refractivity contribution in [3.8, 4) is 22.4 Å². The summed E-state index contributed by atoms with van der Waals surface area (Å²) in [5.74, 6) is -1.16. The maximum atomic E-state index is 13.9. The van der Waals surface area contributed by atoms with E-state index in [2.05, 4.69) is 11.1 Å². The quantitative estimate of drug-likeness (QED) is 0.489. The second-order valence-electron chi connectivity index (χ2n) is 4.84. The minimum Gasteiger partial charge on any atom is -0.304 e. The molecule has 0 aliphatic carbocycles. The van der Waals surface area contributed by atoms with Crippen LogP contribution in [0.5, 0.6) is 0 Å². The van der Waals surface area contributed by atoms with E-state index in [4.69, 9.17) is 0 Å². The summed E-state index contributed by atoms with van der Waals surface area (Å²) in [4.78, 5) is 4.33. The average Bonchev–Trinajstić information content (AvgIpc) is 2.48. The van der Waals surface area contributed by atoms with Crippen LogP contribution in [0.25, 0.3) is 22.4 Å².